The molecule has 0 aromatic heterocycles. The van der Waals surface area contributed by atoms with Gasteiger partial charge < -0.3 is 24.0 Å². The first-order chi connectivity index (χ1) is 6.17. The van der Waals surface area contributed by atoms with E-state index in [1.54, 1.807) is 0 Å². The Morgan fingerprint density at radius 1 is 1.21 bits per heavy atom. The van der Waals surface area contributed by atoms with Crippen LogP contribution in [0.25, 0.3) is 0 Å². The number of hydrogen-bond acceptors (Lipinski definition) is 1. The molecule has 0 fully saturated rings. The van der Waals surface area contributed by atoms with Crippen molar-refractivity contribution in [2.24, 2.45) is 4.99 Å². The molecule has 0 aromatic carbocycles. The highest BCUT2D eigenvalue weighted by atomic mass is 127. The molecule has 0 amide bonds. The van der Waals surface area contributed by atoms with E-state index in [2.05, 4.69) is 32.2 Å². The van der Waals surface area contributed by atoms with Crippen LogP contribution in [0.15, 0.2) is 17.4 Å². The van der Waals surface area contributed by atoms with Gasteiger partial charge in [0.2, 0.25) is 5.84 Å². The predicted molar refractivity (Wildman–Crippen MR) is 57.4 cm³/mol. The van der Waals surface area contributed by atoms with Crippen molar-refractivity contribution in [3.05, 3.63) is 12.4 Å². The van der Waals surface area contributed by atoms with Crippen LogP contribution in [-0.4, -0.2) is 24.4 Å². The van der Waals surface area contributed by atoms with Crippen molar-refractivity contribution >= 4 is 5.84 Å². The zero-order valence-corrected chi connectivity index (χ0v) is 11.6. The number of amidine groups is 1. The molecular weight excluding hydrogens is 287 g/mol. The number of quaternary nitrogens is 1. The van der Waals surface area contributed by atoms with Gasteiger partial charge in [-0.3, -0.25) is 4.48 Å². The summed E-state index contributed by atoms with van der Waals surface area (Å²) in [7, 11) is 4.37. The SMILES string of the molecule is CCCCCCC1=NC=C[N+]1(C)C.[I-]. The van der Waals surface area contributed by atoms with Gasteiger partial charge in [0.1, 0.15) is 6.20 Å². The molecule has 1 heterocycles. The second-order valence-corrected chi connectivity index (χ2v) is 4.19. The summed E-state index contributed by atoms with van der Waals surface area (Å²) in [5.74, 6) is 1.30. The fourth-order valence-corrected chi connectivity index (χ4v) is 1.58. The van der Waals surface area contributed by atoms with Crippen LogP contribution in [0.1, 0.15) is 39.0 Å². The molecule has 0 aliphatic carbocycles. The second kappa shape index (κ2) is 6.56. The molecule has 0 N–H and O–H groups in total. The van der Waals surface area contributed by atoms with E-state index in [-0.39, 0.29) is 24.0 Å². The Labute approximate surface area is 105 Å². The van der Waals surface area contributed by atoms with Crippen molar-refractivity contribution < 1.29 is 28.5 Å². The van der Waals surface area contributed by atoms with E-state index in [9.17, 15) is 0 Å². The quantitative estimate of drug-likeness (QED) is 0.383. The lowest BCUT2D eigenvalue weighted by Gasteiger charge is -2.21. The molecule has 0 aromatic rings. The molecule has 14 heavy (non-hydrogen) atoms. The predicted octanol–water partition coefficient (Wildman–Crippen LogP) is -0.0795. The maximum Gasteiger partial charge on any atom is 0.207 e. The maximum absolute atomic E-state index is 4.39. The van der Waals surface area contributed by atoms with Crippen molar-refractivity contribution in [2.45, 2.75) is 39.0 Å². The fraction of sp³-hybridized carbons (Fsp3) is 0.727. The van der Waals surface area contributed by atoms with Crippen molar-refractivity contribution in [2.75, 3.05) is 14.1 Å². The molecule has 1 aliphatic rings. The largest absolute Gasteiger partial charge is 1.00 e. The van der Waals surface area contributed by atoms with Crippen molar-refractivity contribution in [1.29, 1.82) is 0 Å². The summed E-state index contributed by atoms with van der Waals surface area (Å²) in [5.41, 5.74) is 0. The Bertz CT molecular complexity index is 219. The van der Waals surface area contributed by atoms with Crippen LogP contribution in [0, 0.1) is 0 Å². The van der Waals surface area contributed by atoms with Gasteiger partial charge in [-0.05, 0) is 6.42 Å². The van der Waals surface area contributed by atoms with Gasteiger partial charge in [0.15, 0.2) is 0 Å². The average molecular weight is 308 g/mol. The monoisotopic (exact) mass is 308 g/mol. The van der Waals surface area contributed by atoms with Crippen LogP contribution in [0.2, 0.25) is 0 Å². The van der Waals surface area contributed by atoms with Crippen molar-refractivity contribution in [3.8, 4) is 0 Å². The minimum absolute atomic E-state index is 0. The van der Waals surface area contributed by atoms with Crippen molar-refractivity contribution in [3.63, 3.8) is 0 Å². The molecule has 1 aliphatic heterocycles. The Balaban J connectivity index is 0.00000169. The van der Waals surface area contributed by atoms with Gasteiger partial charge in [-0.1, -0.05) is 26.2 Å². The Hall–Kier alpha value is 0.1000. The third-order valence-corrected chi connectivity index (χ3v) is 2.58. The summed E-state index contributed by atoms with van der Waals surface area (Å²) in [6.07, 6.45) is 10.5. The van der Waals surface area contributed by atoms with Gasteiger partial charge in [-0.25, -0.2) is 4.99 Å². The first-order valence-electron chi connectivity index (χ1n) is 5.25. The van der Waals surface area contributed by atoms with E-state index in [0.29, 0.717) is 0 Å². The van der Waals surface area contributed by atoms with Gasteiger partial charge in [-0.2, -0.15) is 0 Å². The topological polar surface area (TPSA) is 12.4 Å². The number of rotatable bonds is 5. The Kier molecular flexibility index (Phi) is 6.61. The average Bonchev–Trinajstić information content (AvgIpc) is 2.40. The van der Waals surface area contributed by atoms with Gasteiger partial charge in [-0.15, -0.1) is 0 Å². The van der Waals surface area contributed by atoms with E-state index in [1.807, 2.05) is 6.20 Å². The molecule has 0 saturated heterocycles. The molecular formula is C11H21IN2. The van der Waals surface area contributed by atoms with Crippen LogP contribution in [0.4, 0.5) is 0 Å². The van der Waals surface area contributed by atoms with Crippen LogP contribution in [0.5, 0.6) is 0 Å². The second-order valence-electron chi connectivity index (χ2n) is 4.19. The zero-order valence-electron chi connectivity index (χ0n) is 9.46. The minimum Gasteiger partial charge on any atom is -1.00 e. The van der Waals surface area contributed by atoms with Gasteiger partial charge in [0.05, 0.1) is 20.3 Å². The molecule has 82 valence electrons. The highest BCUT2D eigenvalue weighted by molar-refractivity contribution is 5.77. The standard InChI is InChI=1S/C11H21N2.HI/c1-4-5-6-7-8-11-12-9-10-13(11,2)3;/h9-10H,4-8H2,1-3H3;1H/q+1;/p-1. The third-order valence-electron chi connectivity index (χ3n) is 2.58. The van der Waals surface area contributed by atoms with Crippen LogP contribution >= 0.6 is 0 Å². The van der Waals surface area contributed by atoms with Crippen LogP contribution in [-0.2, 0) is 0 Å². The van der Waals surface area contributed by atoms with Gasteiger partial charge >= 0.3 is 0 Å². The van der Waals surface area contributed by atoms with E-state index in [4.69, 9.17) is 0 Å². The fourth-order valence-electron chi connectivity index (χ4n) is 1.58. The minimum atomic E-state index is 0. The lowest BCUT2D eigenvalue weighted by atomic mass is 10.1. The van der Waals surface area contributed by atoms with E-state index < -0.39 is 0 Å². The first-order valence-corrected chi connectivity index (χ1v) is 5.25. The third kappa shape index (κ3) is 4.09. The van der Waals surface area contributed by atoms with E-state index >= 15 is 0 Å². The van der Waals surface area contributed by atoms with E-state index in [0.717, 1.165) is 10.9 Å². The molecule has 0 radical (unpaired) electrons. The smallest absolute Gasteiger partial charge is 0.207 e. The molecule has 0 atom stereocenters. The summed E-state index contributed by atoms with van der Waals surface area (Å²) in [6, 6.07) is 0. The molecule has 3 heteroatoms. The number of nitrogens with zero attached hydrogens (tertiary/aromatic N) is 2. The summed E-state index contributed by atoms with van der Waals surface area (Å²) in [4.78, 5) is 4.39. The van der Waals surface area contributed by atoms with E-state index in [1.165, 1.54) is 31.5 Å². The summed E-state index contributed by atoms with van der Waals surface area (Å²) in [5, 5.41) is 0. The molecule has 0 unspecified atom stereocenters. The van der Waals surface area contributed by atoms with Crippen LogP contribution < -0.4 is 24.0 Å². The number of aliphatic imine (C=N–C) groups is 1. The molecule has 1 rings (SSSR count). The molecule has 2 nitrogen and oxygen atoms in total. The zero-order chi connectivity index (χ0) is 9.73. The number of halogens is 1. The lowest BCUT2D eigenvalue weighted by molar-refractivity contribution is -0.741. The lowest BCUT2D eigenvalue weighted by Crippen LogP contribution is -3.00. The first kappa shape index (κ1) is 14.1. The maximum atomic E-state index is 4.39. The van der Waals surface area contributed by atoms with Gasteiger partial charge in [0.25, 0.3) is 0 Å². The summed E-state index contributed by atoms with van der Waals surface area (Å²) in [6.45, 7) is 2.24. The molecule has 0 bridgehead atoms. The number of hydrogen-bond donors (Lipinski definition) is 0. The van der Waals surface area contributed by atoms with Crippen molar-refractivity contribution in [1.82, 2.24) is 0 Å². The Morgan fingerprint density at radius 2 is 1.93 bits per heavy atom. The van der Waals surface area contributed by atoms with Gasteiger partial charge in [0, 0.05) is 6.42 Å². The summed E-state index contributed by atoms with van der Waals surface area (Å²) < 4.78 is 0.853. The summed E-state index contributed by atoms with van der Waals surface area (Å²) >= 11 is 0. The highest BCUT2D eigenvalue weighted by Gasteiger charge is 2.23. The molecule has 0 spiro atoms. The van der Waals surface area contributed by atoms with Crippen LogP contribution in [0.3, 0.4) is 0 Å². The molecule has 0 saturated carbocycles. The highest BCUT2D eigenvalue weighted by Crippen LogP contribution is 2.15. The number of unbranched alkanes of at least 4 members (excludes halogenated alkanes) is 3. The normalized spacial score (nSPS) is 17.8. The Morgan fingerprint density at radius 3 is 2.43 bits per heavy atom.